The van der Waals surface area contributed by atoms with Gasteiger partial charge in [-0.25, -0.2) is 16.8 Å². The summed E-state index contributed by atoms with van der Waals surface area (Å²) >= 11 is 0. The highest BCUT2D eigenvalue weighted by atomic mass is 32.2. The number of aryl methyl sites for hydroxylation is 1. The monoisotopic (exact) mass is 407 g/mol. The molecule has 0 spiro atoms. The lowest BCUT2D eigenvalue weighted by Gasteiger charge is -2.33. The molecule has 1 unspecified atom stereocenters. The van der Waals surface area contributed by atoms with Crippen molar-refractivity contribution >= 4 is 25.5 Å². The summed E-state index contributed by atoms with van der Waals surface area (Å²) in [4.78, 5) is 13.1. The Morgan fingerprint density at radius 3 is 2.56 bits per heavy atom. The molecule has 1 aliphatic carbocycles. The fraction of sp³-hybridized carbons (Fsp3) is 0.421. The molecule has 3 aliphatic rings. The number of allylic oxidation sites excluding steroid dienone is 4. The summed E-state index contributed by atoms with van der Waals surface area (Å²) in [6, 6.07) is 4.96. The quantitative estimate of drug-likeness (QED) is 0.807. The van der Waals surface area contributed by atoms with Gasteiger partial charge in [-0.2, -0.15) is 0 Å². The molecule has 0 aromatic heterocycles. The minimum Gasteiger partial charge on any atom is -0.361 e. The van der Waals surface area contributed by atoms with Crippen molar-refractivity contribution in [1.82, 2.24) is 5.32 Å². The molecule has 1 aromatic carbocycles. The second kappa shape index (κ2) is 6.04. The SMILES string of the molecule is Cc1ccc(C2C3=C(CCCC3=O)NC3=C2S(=O)(=O)CC3)cc1S(C)(=O)=O. The third-order valence-corrected chi connectivity index (χ3v) is 8.64. The van der Waals surface area contributed by atoms with Crippen LogP contribution in [-0.2, 0) is 24.5 Å². The Hall–Kier alpha value is -1.93. The van der Waals surface area contributed by atoms with Gasteiger partial charge in [-0.15, -0.1) is 0 Å². The second-order valence-corrected chi connectivity index (χ2v) is 11.5. The van der Waals surface area contributed by atoms with Gasteiger partial charge in [0.1, 0.15) is 0 Å². The van der Waals surface area contributed by atoms with Crippen LogP contribution < -0.4 is 5.32 Å². The van der Waals surface area contributed by atoms with E-state index < -0.39 is 25.6 Å². The van der Waals surface area contributed by atoms with Crippen molar-refractivity contribution in [1.29, 1.82) is 0 Å². The Morgan fingerprint density at radius 1 is 1.11 bits per heavy atom. The van der Waals surface area contributed by atoms with E-state index in [0.717, 1.165) is 18.4 Å². The second-order valence-electron chi connectivity index (χ2n) is 7.44. The number of rotatable bonds is 2. The van der Waals surface area contributed by atoms with Gasteiger partial charge in [-0.3, -0.25) is 4.79 Å². The number of Topliss-reactive ketones (excluding diaryl/α,β-unsaturated/α-hetero) is 1. The van der Waals surface area contributed by atoms with E-state index in [4.69, 9.17) is 0 Å². The summed E-state index contributed by atoms with van der Waals surface area (Å²) < 4.78 is 49.9. The van der Waals surface area contributed by atoms with Crippen molar-refractivity contribution in [3.63, 3.8) is 0 Å². The first-order valence-electron chi connectivity index (χ1n) is 8.89. The van der Waals surface area contributed by atoms with Crippen molar-refractivity contribution in [2.75, 3.05) is 12.0 Å². The van der Waals surface area contributed by atoms with Gasteiger partial charge < -0.3 is 5.32 Å². The first-order valence-corrected chi connectivity index (χ1v) is 12.4. The Bertz CT molecular complexity index is 1140. The van der Waals surface area contributed by atoms with E-state index in [1.165, 1.54) is 6.07 Å². The minimum absolute atomic E-state index is 0.0146. The molecule has 0 fully saturated rings. The Kier molecular flexibility index (Phi) is 4.12. The average molecular weight is 408 g/mol. The van der Waals surface area contributed by atoms with E-state index >= 15 is 0 Å². The number of benzene rings is 1. The predicted octanol–water partition coefficient (Wildman–Crippen LogP) is 2.12. The van der Waals surface area contributed by atoms with Crippen LogP contribution in [0.4, 0.5) is 0 Å². The van der Waals surface area contributed by atoms with E-state index in [1.54, 1.807) is 19.1 Å². The standard InChI is InChI=1S/C19H21NO5S2/c1-11-6-7-12(10-16(11)26(2,22)23)17-18-13(4-3-5-15(18)21)20-14-8-9-27(24,25)19(14)17/h6-7,10,17,20H,3-5,8-9H2,1-2H3. The van der Waals surface area contributed by atoms with Gasteiger partial charge in [0, 0.05) is 36.1 Å². The lowest BCUT2D eigenvalue weighted by atomic mass is 9.79. The van der Waals surface area contributed by atoms with Gasteiger partial charge in [-0.1, -0.05) is 12.1 Å². The summed E-state index contributed by atoms with van der Waals surface area (Å²) in [5.41, 5.74) is 3.06. The van der Waals surface area contributed by atoms with Gasteiger partial charge in [0.2, 0.25) is 0 Å². The molecule has 0 bridgehead atoms. The summed E-state index contributed by atoms with van der Waals surface area (Å²) in [6.07, 6.45) is 3.33. The van der Waals surface area contributed by atoms with Crippen LogP contribution in [-0.4, -0.2) is 34.6 Å². The molecule has 2 aliphatic heterocycles. The first kappa shape index (κ1) is 18.4. The molecular weight excluding hydrogens is 386 g/mol. The third-order valence-electron chi connectivity index (χ3n) is 5.51. The Balaban J connectivity index is 1.98. The van der Waals surface area contributed by atoms with Crippen LogP contribution in [0, 0.1) is 6.92 Å². The van der Waals surface area contributed by atoms with Crippen LogP contribution in [0.5, 0.6) is 0 Å². The minimum atomic E-state index is -3.50. The zero-order chi connectivity index (χ0) is 19.6. The van der Waals surface area contributed by atoms with Crippen LogP contribution in [0.25, 0.3) is 0 Å². The van der Waals surface area contributed by atoms with Gasteiger partial charge in [0.15, 0.2) is 25.5 Å². The van der Waals surface area contributed by atoms with Gasteiger partial charge in [-0.05, 0) is 37.0 Å². The molecule has 1 atom stereocenters. The van der Waals surface area contributed by atoms with Gasteiger partial charge in [0.05, 0.1) is 21.5 Å². The number of carbonyl (C=O) groups is 1. The maximum Gasteiger partial charge on any atom is 0.177 e. The van der Waals surface area contributed by atoms with Crippen LogP contribution in [0.15, 0.2) is 45.0 Å². The molecule has 4 rings (SSSR count). The molecule has 0 radical (unpaired) electrons. The highest BCUT2D eigenvalue weighted by molar-refractivity contribution is 7.95. The highest BCUT2D eigenvalue weighted by Crippen LogP contribution is 2.47. The largest absolute Gasteiger partial charge is 0.361 e. The highest BCUT2D eigenvalue weighted by Gasteiger charge is 2.44. The molecule has 144 valence electrons. The Labute approximate surface area is 159 Å². The zero-order valence-electron chi connectivity index (χ0n) is 15.2. The third kappa shape index (κ3) is 2.95. The van der Waals surface area contributed by atoms with Gasteiger partial charge in [0.25, 0.3) is 0 Å². The molecule has 6 nitrogen and oxygen atoms in total. The van der Waals surface area contributed by atoms with E-state index in [9.17, 15) is 21.6 Å². The summed E-state index contributed by atoms with van der Waals surface area (Å²) in [5.74, 6) is -0.776. The van der Waals surface area contributed by atoms with Crippen LogP contribution in [0.3, 0.4) is 0 Å². The fourth-order valence-corrected chi connectivity index (χ4v) is 7.13. The van der Waals surface area contributed by atoms with Crippen LogP contribution >= 0.6 is 0 Å². The molecular formula is C19H21NO5S2. The zero-order valence-corrected chi connectivity index (χ0v) is 16.8. The number of nitrogens with one attached hydrogen (secondary N) is 1. The smallest absolute Gasteiger partial charge is 0.177 e. The van der Waals surface area contributed by atoms with Crippen molar-refractivity contribution in [3.05, 3.63) is 51.2 Å². The average Bonchev–Trinajstić information content (AvgIpc) is 2.88. The van der Waals surface area contributed by atoms with E-state index in [2.05, 4.69) is 5.32 Å². The van der Waals surface area contributed by atoms with Crippen molar-refractivity contribution in [2.45, 2.75) is 43.4 Å². The normalized spacial score (nSPS) is 24.5. The topological polar surface area (TPSA) is 97.4 Å². The maximum atomic E-state index is 12.8. The summed E-state index contributed by atoms with van der Waals surface area (Å²) in [7, 11) is -6.97. The van der Waals surface area contributed by atoms with E-state index in [1.807, 2.05) is 0 Å². The maximum absolute atomic E-state index is 12.8. The number of ketones is 1. The number of hydrogen-bond donors (Lipinski definition) is 1. The van der Waals surface area contributed by atoms with Gasteiger partial charge >= 0.3 is 0 Å². The molecule has 27 heavy (non-hydrogen) atoms. The van der Waals surface area contributed by atoms with Crippen LogP contribution in [0.1, 0.15) is 42.7 Å². The molecule has 1 N–H and O–H groups in total. The molecule has 0 amide bonds. The number of sulfone groups is 2. The van der Waals surface area contributed by atoms with Crippen molar-refractivity contribution in [3.8, 4) is 0 Å². The number of dihydropyridines is 1. The molecule has 1 aromatic rings. The Morgan fingerprint density at radius 2 is 1.85 bits per heavy atom. The molecule has 2 heterocycles. The van der Waals surface area contributed by atoms with Crippen LogP contribution in [0.2, 0.25) is 0 Å². The van der Waals surface area contributed by atoms with Crippen molar-refractivity contribution in [2.24, 2.45) is 0 Å². The lowest BCUT2D eigenvalue weighted by molar-refractivity contribution is -0.116. The van der Waals surface area contributed by atoms with Crippen molar-refractivity contribution < 1.29 is 21.6 Å². The number of hydrogen-bond acceptors (Lipinski definition) is 6. The number of carbonyl (C=O) groups excluding carboxylic acids is 1. The van der Waals surface area contributed by atoms with E-state index in [0.29, 0.717) is 41.7 Å². The molecule has 0 saturated heterocycles. The molecule has 0 saturated carbocycles. The van der Waals surface area contributed by atoms with E-state index in [-0.39, 0.29) is 21.3 Å². The fourth-order valence-electron chi connectivity index (χ4n) is 4.29. The predicted molar refractivity (Wildman–Crippen MR) is 101 cm³/mol. The lowest BCUT2D eigenvalue weighted by Crippen LogP contribution is -2.32. The first-order chi connectivity index (χ1) is 12.6. The molecule has 8 heteroatoms. The summed E-state index contributed by atoms with van der Waals surface area (Å²) in [5, 5.41) is 3.20. The summed E-state index contributed by atoms with van der Waals surface area (Å²) in [6.45, 7) is 1.70.